The molecule has 0 aromatic rings. The molecule has 1 nitrogen and oxygen atoms in total. The van der Waals surface area contributed by atoms with Crippen molar-refractivity contribution in [2.45, 2.75) is 25.4 Å². The topological polar surface area (TPSA) is 12.0 Å². The fourth-order valence-corrected chi connectivity index (χ4v) is 2.38. The fraction of sp³-hybridized carbons (Fsp3) is 1.00. The first kappa shape index (κ1) is 7.50. The van der Waals surface area contributed by atoms with Crippen molar-refractivity contribution in [1.29, 1.82) is 0 Å². The predicted molar refractivity (Wildman–Crippen MR) is 44.7 cm³/mol. The Morgan fingerprint density at radius 2 is 2.11 bits per heavy atom. The SMILES string of the molecule is CC1(C)CCNCCP1. The third-order valence-electron chi connectivity index (χ3n) is 1.83. The Morgan fingerprint density at radius 1 is 1.33 bits per heavy atom. The lowest BCUT2D eigenvalue weighted by Crippen LogP contribution is -2.19. The van der Waals surface area contributed by atoms with Crippen LogP contribution < -0.4 is 5.32 Å². The second-order valence-electron chi connectivity index (χ2n) is 3.31. The van der Waals surface area contributed by atoms with E-state index in [4.69, 9.17) is 0 Å². The molecule has 1 unspecified atom stereocenters. The van der Waals surface area contributed by atoms with Gasteiger partial charge in [0.1, 0.15) is 0 Å². The van der Waals surface area contributed by atoms with E-state index in [2.05, 4.69) is 19.2 Å². The molecule has 1 rings (SSSR count). The van der Waals surface area contributed by atoms with Crippen molar-refractivity contribution in [3.63, 3.8) is 0 Å². The Morgan fingerprint density at radius 3 is 2.89 bits per heavy atom. The molecule has 0 saturated carbocycles. The summed E-state index contributed by atoms with van der Waals surface area (Å²) in [4.78, 5) is 0. The summed E-state index contributed by atoms with van der Waals surface area (Å²) in [6, 6.07) is 0. The van der Waals surface area contributed by atoms with Crippen LogP contribution in [0.5, 0.6) is 0 Å². The lowest BCUT2D eigenvalue weighted by Gasteiger charge is -2.20. The van der Waals surface area contributed by atoms with Crippen molar-refractivity contribution in [3.8, 4) is 0 Å². The Kier molecular flexibility index (Phi) is 2.49. The van der Waals surface area contributed by atoms with Crippen LogP contribution in [-0.4, -0.2) is 24.4 Å². The number of hydrogen-bond donors (Lipinski definition) is 1. The molecule has 1 aliphatic rings. The van der Waals surface area contributed by atoms with Crippen LogP contribution in [0.2, 0.25) is 0 Å². The van der Waals surface area contributed by atoms with Gasteiger partial charge >= 0.3 is 0 Å². The molecule has 0 aromatic heterocycles. The van der Waals surface area contributed by atoms with E-state index >= 15 is 0 Å². The van der Waals surface area contributed by atoms with Crippen molar-refractivity contribution >= 4 is 8.58 Å². The first-order valence-corrected chi connectivity index (χ1v) is 4.87. The maximum absolute atomic E-state index is 3.41. The fourth-order valence-electron chi connectivity index (χ4n) is 1.10. The molecule has 1 fully saturated rings. The molecule has 0 amide bonds. The van der Waals surface area contributed by atoms with Crippen LogP contribution in [0.15, 0.2) is 0 Å². The van der Waals surface area contributed by atoms with Gasteiger partial charge in [-0.05, 0) is 30.8 Å². The van der Waals surface area contributed by atoms with Crippen molar-refractivity contribution in [1.82, 2.24) is 5.32 Å². The molecule has 0 bridgehead atoms. The zero-order chi connectivity index (χ0) is 6.74. The van der Waals surface area contributed by atoms with Gasteiger partial charge in [0.15, 0.2) is 0 Å². The van der Waals surface area contributed by atoms with Crippen LogP contribution in [0.3, 0.4) is 0 Å². The number of rotatable bonds is 0. The van der Waals surface area contributed by atoms with E-state index in [1.54, 1.807) is 0 Å². The van der Waals surface area contributed by atoms with Gasteiger partial charge in [-0.3, -0.25) is 0 Å². The van der Waals surface area contributed by atoms with Gasteiger partial charge in [0, 0.05) is 0 Å². The third-order valence-corrected chi connectivity index (χ3v) is 3.54. The van der Waals surface area contributed by atoms with Crippen molar-refractivity contribution < 1.29 is 0 Å². The molecule has 0 aliphatic carbocycles. The van der Waals surface area contributed by atoms with E-state index in [1.165, 1.54) is 25.7 Å². The lowest BCUT2D eigenvalue weighted by atomic mass is 10.1. The van der Waals surface area contributed by atoms with Crippen molar-refractivity contribution in [2.24, 2.45) is 0 Å². The van der Waals surface area contributed by atoms with Gasteiger partial charge < -0.3 is 5.32 Å². The Labute approximate surface area is 59.4 Å². The van der Waals surface area contributed by atoms with Crippen LogP contribution in [0.1, 0.15) is 20.3 Å². The standard InChI is InChI=1S/C7H16NP/c1-7(2)3-4-8-5-6-9-7/h8-9H,3-6H2,1-2H3. The first-order chi connectivity index (χ1) is 4.21. The molecule has 0 radical (unpaired) electrons. The van der Waals surface area contributed by atoms with E-state index in [-0.39, 0.29) is 0 Å². The van der Waals surface area contributed by atoms with Gasteiger partial charge in [-0.2, -0.15) is 0 Å². The van der Waals surface area contributed by atoms with Crippen molar-refractivity contribution in [2.75, 3.05) is 19.3 Å². The minimum atomic E-state index is 0.628. The Bertz CT molecular complexity index is 80.9. The zero-order valence-electron chi connectivity index (χ0n) is 6.33. The normalized spacial score (nSPS) is 30.0. The highest BCUT2D eigenvalue weighted by molar-refractivity contribution is 7.39. The molecule has 1 aliphatic heterocycles. The second-order valence-corrected chi connectivity index (χ2v) is 5.52. The highest BCUT2D eigenvalue weighted by Crippen LogP contribution is 2.34. The summed E-state index contributed by atoms with van der Waals surface area (Å²) in [5.41, 5.74) is 0. The number of nitrogens with one attached hydrogen (secondary N) is 1. The summed E-state index contributed by atoms with van der Waals surface area (Å²) in [7, 11) is 1.16. The second kappa shape index (κ2) is 2.98. The third kappa shape index (κ3) is 2.64. The molecule has 9 heavy (non-hydrogen) atoms. The Balaban J connectivity index is 2.36. The smallest absolute Gasteiger partial charge is 0.00117 e. The van der Waals surface area contributed by atoms with Gasteiger partial charge in [0.2, 0.25) is 0 Å². The quantitative estimate of drug-likeness (QED) is 0.508. The molecule has 1 saturated heterocycles. The molecule has 2 heteroatoms. The van der Waals surface area contributed by atoms with Crippen LogP contribution in [0, 0.1) is 0 Å². The average Bonchev–Trinajstić information content (AvgIpc) is 1.92. The van der Waals surface area contributed by atoms with Crippen LogP contribution in [-0.2, 0) is 0 Å². The van der Waals surface area contributed by atoms with Crippen LogP contribution in [0.25, 0.3) is 0 Å². The summed E-state index contributed by atoms with van der Waals surface area (Å²) in [5, 5.41) is 4.04. The van der Waals surface area contributed by atoms with Crippen molar-refractivity contribution in [3.05, 3.63) is 0 Å². The van der Waals surface area contributed by atoms with E-state index in [0.717, 1.165) is 8.58 Å². The van der Waals surface area contributed by atoms with Gasteiger partial charge in [-0.25, -0.2) is 0 Å². The summed E-state index contributed by atoms with van der Waals surface area (Å²) in [5.74, 6) is 0. The molecule has 0 aromatic carbocycles. The molecule has 1 N–H and O–H groups in total. The Hall–Kier alpha value is 0.390. The van der Waals surface area contributed by atoms with Gasteiger partial charge in [-0.1, -0.05) is 13.8 Å². The first-order valence-electron chi connectivity index (χ1n) is 3.66. The maximum atomic E-state index is 3.41. The molecular weight excluding hydrogens is 129 g/mol. The summed E-state index contributed by atoms with van der Waals surface area (Å²) >= 11 is 0. The molecule has 0 spiro atoms. The largest absolute Gasteiger partial charge is 0.316 e. The monoisotopic (exact) mass is 145 g/mol. The average molecular weight is 145 g/mol. The molecule has 1 atom stereocenters. The van der Waals surface area contributed by atoms with Crippen LogP contribution in [0.4, 0.5) is 0 Å². The molecule has 1 heterocycles. The van der Waals surface area contributed by atoms with Gasteiger partial charge in [0.25, 0.3) is 0 Å². The van der Waals surface area contributed by atoms with Gasteiger partial charge in [-0.15, -0.1) is 8.58 Å². The number of hydrogen-bond acceptors (Lipinski definition) is 1. The minimum Gasteiger partial charge on any atom is -0.316 e. The summed E-state index contributed by atoms with van der Waals surface area (Å²) in [6.07, 6.45) is 2.73. The summed E-state index contributed by atoms with van der Waals surface area (Å²) in [6.45, 7) is 7.21. The lowest BCUT2D eigenvalue weighted by molar-refractivity contribution is 0.600. The minimum absolute atomic E-state index is 0.628. The van der Waals surface area contributed by atoms with E-state index in [1.807, 2.05) is 0 Å². The molecular formula is C7H16NP. The highest BCUT2D eigenvalue weighted by Gasteiger charge is 2.18. The highest BCUT2D eigenvalue weighted by atomic mass is 31.1. The van der Waals surface area contributed by atoms with E-state index in [0.29, 0.717) is 5.16 Å². The van der Waals surface area contributed by atoms with E-state index < -0.39 is 0 Å². The maximum Gasteiger partial charge on any atom is -0.00117 e. The predicted octanol–water partition coefficient (Wildman–Crippen LogP) is 1.44. The van der Waals surface area contributed by atoms with Gasteiger partial charge in [0.05, 0.1) is 0 Å². The zero-order valence-corrected chi connectivity index (χ0v) is 7.33. The van der Waals surface area contributed by atoms with E-state index in [9.17, 15) is 0 Å². The van der Waals surface area contributed by atoms with Crippen LogP contribution >= 0.6 is 8.58 Å². The molecule has 54 valence electrons. The summed E-state index contributed by atoms with van der Waals surface area (Å²) < 4.78 is 0.